The molecule has 7 heteroatoms. The Kier molecular flexibility index (Phi) is 3.91. The maximum absolute atomic E-state index is 12.2. The van der Waals surface area contributed by atoms with Crippen LogP contribution in [0.15, 0.2) is 41.3 Å². The summed E-state index contributed by atoms with van der Waals surface area (Å²) in [4.78, 5) is 22.6. The molecule has 1 unspecified atom stereocenters. The van der Waals surface area contributed by atoms with Gasteiger partial charge in [0.25, 0.3) is 11.2 Å². The van der Waals surface area contributed by atoms with E-state index in [4.69, 9.17) is 10.00 Å². The van der Waals surface area contributed by atoms with Crippen molar-refractivity contribution in [2.24, 2.45) is 0 Å². The maximum Gasteiger partial charge on any atom is 0.287 e. The van der Waals surface area contributed by atoms with E-state index in [0.717, 1.165) is 29.8 Å². The molecule has 1 aromatic heterocycles. The first-order valence-electron chi connectivity index (χ1n) is 7.08. The number of rotatable bonds is 3. The molecule has 0 bridgehead atoms. The minimum atomic E-state index is -0.619. The van der Waals surface area contributed by atoms with Crippen LogP contribution in [0.4, 0.5) is 5.69 Å². The Morgan fingerprint density at radius 1 is 1.43 bits per heavy atom. The number of nitriles is 1. The first-order valence-corrected chi connectivity index (χ1v) is 7.08. The quantitative estimate of drug-likeness (QED) is 0.637. The number of ether oxygens (including phenoxy) is 1. The van der Waals surface area contributed by atoms with Gasteiger partial charge in [0.15, 0.2) is 0 Å². The number of hydrogen-bond acceptors (Lipinski definition) is 5. The molecule has 2 heterocycles. The molecule has 23 heavy (non-hydrogen) atoms. The Bertz CT molecular complexity index is 866. The van der Waals surface area contributed by atoms with Crippen LogP contribution in [-0.4, -0.2) is 16.1 Å². The SMILES string of the molecule is N#Cc1cc([N+](=O)[O-])cn(CC2OCCc3ccccc32)c1=O. The Morgan fingerprint density at radius 2 is 2.22 bits per heavy atom. The summed E-state index contributed by atoms with van der Waals surface area (Å²) < 4.78 is 6.91. The number of pyridine rings is 1. The van der Waals surface area contributed by atoms with Gasteiger partial charge in [-0.15, -0.1) is 0 Å². The summed E-state index contributed by atoms with van der Waals surface area (Å²) in [7, 11) is 0. The number of nitrogens with zero attached hydrogens (tertiary/aromatic N) is 3. The molecule has 0 fully saturated rings. The van der Waals surface area contributed by atoms with Crippen molar-refractivity contribution in [1.82, 2.24) is 4.57 Å². The lowest BCUT2D eigenvalue weighted by Crippen LogP contribution is -2.28. The standard InChI is InChI=1S/C16H13N3O4/c17-8-12-7-13(19(21)22)9-18(16(12)20)10-15-14-4-2-1-3-11(14)5-6-23-15/h1-4,7,9,15H,5-6,10H2. The van der Waals surface area contributed by atoms with Gasteiger partial charge in [0, 0.05) is 6.07 Å². The van der Waals surface area contributed by atoms with Gasteiger partial charge >= 0.3 is 0 Å². The molecule has 0 amide bonds. The lowest BCUT2D eigenvalue weighted by Gasteiger charge is -2.26. The van der Waals surface area contributed by atoms with Crippen molar-refractivity contribution < 1.29 is 9.66 Å². The van der Waals surface area contributed by atoms with Crippen molar-refractivity contribution in [2.75, 3.05) is 6.61 Å². The fourth-order valence-corrected chi connectivity index (χ4v) is 2.74. The highest BCUT2D eigenvalue weighted by Gasteiger charge is 2.23. The van der Waals surface area contributed by atoms with Crippen LogP contribution in [0.5, 0.6) is 0 Å². The van der Waals surface area contributed by atoms with Gasteiger partial charge in [-0.25, -0.2) is 0 Å². The van der Waals surface area contributed by atoms with Gasteiger partial charge in [-0.05, 0) is 17.5 Å². The van der Waals surface area contributed by atoms with Crippen molar-refractivity contribution in [3.63, 3.8) is 0 Å². The van der Waals surface area contributed by atoms with Gasteiger partial charge in [0.2, 0.25) is 0 Å². The number of aromatic nitrogens is 1. The Hall–Kier alpha value is -2.98. The highest BCUT2D eigenvalue weighted by Crippen LogP contribution is 2.28. The number of nitro groups is 1. The van der Waals surface area contributed by atoms with Crippen molar-refractivity contribution in [3.8, 4) is 6.07 Å². The monoisotopic (exact) mass is 311 g/mol. The molecule has 1 aromatic carbocycles. The van der Waals surface area contributed by atoms with Gasteiger partial charge in [-0.3, -0.25) is 14.9 Å². The van der Waals surface area contributed by atoms with E-state index < -0.39 is 10.5 Å². The van der Waals surface area contributed by atoms with Crippen LogP contribution in [0.2, 0.25) is 0 Å². The predicted molar refractivity (Wildman–Crippen MR) is 80.9 cm³/mol. The topological polar surface area (TPSA) is 98.2 Å². The third-order valence-corrected chi connectivity index (χ3v) is 3.86. The van der Waals surface area contributed by atoms with Crippen LogP contribution in [0, 0.1) is 21.4 Å². The van der Waals surface area contributed by atoms with Gasteiger partial charge in [0.05, 0.1) is 24.3 Å². The van der Waals surface area contributed by atoms with Crippen LogP contribution >= 0.6 is 0 Å². The molecule has 116 valence electrons. The predicted octanol–water partition coefficient (Wildman–Crippen LogP) is 1.94. The van der Waals surface area contributed by atoms with E-state index >= 15 is 0 Å². The van der Waals surface area contributed by atoms with E-state index in [9.17, 15) is 14.9 Å². The molecule has 2 aromatic rings. The molecule has 7 nitrogen and oxygen atoms in total. The second-order valence-corrected chi connectivity index (χ2v) is 5.25. The van der Waals surface area contributed by atoms with Crippen LogP contribution in [-0.2, 0) is 17.7 Å². The summed E-state index contributed by atoms with van der Waals surface area (Å²) >= 11 is 0. The largest absolute Gasteiger partial charge is 0.371 e. The second-order valence-electron chi connectivity index (χ2n) is 5.25. The van der Waals surface area contributed by atoms with Crippen LogP contribution in [0.1, 0.15) is 22.8 Å². The van der Waals surface area contributed by atoms with E-state index in [2.05, 4.69) is 0 Å². The van der Waals surface area contributed by atoms with Crippen molar-refractivity contribution in [2.45, 2.75) is 19.1 Å². The minimum absolute atomic E-state index is 0.131. The number of benzene rings is 1. The zero-order chi connectivity index (χ0) is 16.4. The first-order chi connectivity index (χ1) is 11.1. The summed E-state index contributed by atoms with van der Waals surface area (Å²) in [5, 5.41) is 20.0. The molecule has 1 aliphatic rings. The second kappa shape index (κ2) is 6.02. The molecule has 3 rings (SSSR count). The van der Waals surface area contributed by atoms with Crippen molar-refractivity contribution in [1.29, 1.82) is 5.26 Å². The lowest BCUT2D eigenvalue weighted by atomic mass is 9.97. The molecule has 0 spiro atoms. The van der Waals surface area contributed by atoms with Crippen LogP contribution < -0.4 is 5.56 Å². The van der Waals surface area contributed by atoms with E-state index in [-0.39, 0.29) is 23.9 Å². The first kappa shape index (κ1) is 14.9. The van der Waals surface area contributed by atoms with E-state index in [0.29, 0.717) is 6.61 Å². The third kappa shape index (κ3) is 2.84. The van der Waals surface area contributed by atoms with Crippen molar-refractivity contribution >= 4 is 5.69 Å². The average Bonchev–Trinajstić information content (AvgIpc) is 2.56. The molecular weight excluding hydrogens is 298 g/mol. The molecule has 1 atom stereocenters. The summed E-state index contributed by atoms with van der Waals surface area (Å²) in [5.41, 5.74) is 1.02. The summed E-state index contributed by atoms with van der Waals surface area (Å²) in [6.07, 6.45) is 1.58. The van der Waals surface area contributed by atoms with Gasteiger partial charge in [0.1, 0.15) is 17.7 Å². The average molecular weight is 311 g/mol. The Balaban J connectivity index is 2.01. The molecule has 0 N–H and O–H groups in total. The lowest BCUT2D eigenvalue weighted by molar-refractivity contribution is -0.385. The van der Waals surface area contributed by atoms with Crippen molar-refractivity contribution in [3.05, 3.63) is 73.7 Å². The van der Waals surface area contributed by atoms with Gasteiger partial charge in [-0.1, -0.05) is 24.3 Å². The van der Waals surface area contributed by atoms with E-state index in [1.54, 1.807) is 6.07 Å². The number of fused-ring (bicyclic) bond motifs is 1. The molecule has 1 aliphatic heterocycles. The Labute approximate surface area is 131 Å². The number of hydrogen-bond donors (Lipinski definition) is 0. The maximum atomic E-state index is 12.2. The molecule has 0 saturated carbocycles. The van der Waals surface area contributed by atoms with E-state index in [1.807, 2.05) is 24.3 Å². The molecule has 0 saturated heterocycles. The highest BCUT2D eigenvalue weighted by molar-refractivity contribution is 5.38. The van der Waals surface area contributed by atoms with Gasteiger partial charge in [-0.2, -0.15) is 5.26 Å². The fraction of sp³-hybridized carbons (Fsp3) is 0.250. The van der Waals surface area contributed by atoms with Gasteiger partial charge < -0.3 is 9.30 Å². The zero-order valence-electron chi connectivity index (χ0n) is 12.1. The van der Waals surface area contributed by atoms with E-state index in [1.165, 1.54) is 4.57 Å². The molecule has 0 aliphatic carbocycles. The normalized spacial score (nSPS) is 16.4. The zero-order valence-corrected chi connectivity index (χ0v) is 12.1. The molecular formula is C16H13N3O4. The third-order valence-electron chi connectivity index (χ3n) is 3.86. The minimum Gasteiger partial charge on any atom is -0.371 e. The Morgan fingerprint density at radius 3 is 2.96 bits per heavy atom. The summed E-state index contributed by atoms with van der Waals surface area (Å²) in [6.45, 7) is 0.655. The van der Waals surface area contributed by atoms with Crippen LogP contribution in [0.3, 0.4) is 0 Å². The summed E-state index contributed by atoms with van der Waals surface area (Å²) in [6, 6.07) is 10.5. The fourth-order valence-electron chi connectivity index (χ4n) is 2.74. The highest BCUT2D eigenvalue weighted by atomic mass is 16.6. The summed E-state index contributed by atoms with van der Waals surface area (Å²) in [5.74, 6) is 0. The molecule has 0 radical (unpaired) electrons. The smallest absolute Gasteiger partial charge is 0.287 e. The van der Waals surface area contributed by atoms with Crippen LogP contribution in [0.25, 0.3) is 0 Å².